The van der Waals surface area contributed by atoms with Crippen molar-refractivity contribution in [3.8, 4) is 11.3 Å². The molecule has 0 unspecified atom stereocenters. The average molecular weight is 247 g/mol. The molecule has 0 spiro atoms. The van der Waals surface area contributed by atoms with E-state index in [1.54, 1.807) is 12.1 Å². The number of H-pyrrole nitrogens is 1. The van der Waals surface area contributed by atoms with Gasteiger partial charge in [0, 0.05) is 23.3 Å². The van der Waals surface area contributed by atoms with Crippen molar-refractivity contribution in [3.05, 3.63) is 50.9 Å². The average Bonchev–Trinajstić information content (AvgIpc) is 2.33. The first-order chi connectivity index (χ1) is 8.09. The van der Waals surface area contributed by atoms with Crippen molar-refractivity contribution < 1.29 is 4.92 Å². The SMILES string of the molecule is Cc1c(-c2cccc([N+](=O)[O-])c2)[nH]cnc1=S. The number of non-ortho nitro benzene ring substituents is 1. The van der Waals surface area contributed by atoms with Crippen LogP contribution in [-0.2, 0) is 0 Å². The van der Waals surface area contributed by atoms with Gasteiger partial charge in [-0.15, -0.1) is 0 Å². The molecule has 0 aliphatic heterocycles. The number of aromatic nitrogens is 2. The maximum absolute atomic E-state index is 10.7. The highest BCUT2D eigenvalue weighted by Gasteiger charge is 2.09. The Bertz CT molecular complexity index is 637. The van der Waals surface area contributed by atoms with Gasteiger partial charge in [-0.25, -0.2) is 4.98 Å². The third-order valence-corrected chi connectivity index (χ3v) is 2.84. The van der Waals surface area contributed by atoms with Gasteiger partial charge in [0.2, 0.25) is 0 Å². The molecule has 0 saturated carbocycles. The van der Waals surface area contributed by atoms with Gasteiger partial charge >= 0.3 is 0 Å². The van der Waals surface area contributed by atoms with Gasteiger partial charge in [-0.2, -0.15) is 0 Å². The number of hydrogen-bond acceptors (Lipinski definition) is 4. The van der Waals surface area contributed by atoms with Gasteiger partial charge in [-0.1, -0.05) is 24.4 Å². The van der Waals surface area contributed by atoms with Crippen LogP contribution in [0.15, 0.2) is 30.6 Å². The van der Waals surface area contributed by atoms with Crippen molar-refractivity contribution in [3.63, 3.8) is 0 Å². The fourth-order valence-electron chi connectivity index (χ4n) is 1.54. The lowest BCUT2D eigenvalue weighted by Gasteiger charge is -2.05. The lowest BCUT2D eigenvalue weighted by atomic mass is 10.1. The number of nitrogens with zero attached hydrogens (tertiary/aromatic N) is 2. The first-order valence-corrected chi connectivity index (χ1v) is 5.29. The topological polar surface area (TPSA) is 71.8 Å². The molecule has 2 rings (SSSR count). The van der Waals surface area contributed by atoms with Gasteiger partial charge in [0.05, 0.1) is 16.9 Å². The van der Waals surface area contributed by atoms with E-state index in [1.165, 1.54) is 18.5 Å². The molecule has 5 nitrogen and oxygen atoms in total. The van der Waals surface area contributed by atoms with Crippen LogP contribution in [0.1, 0.15) is 5.56 Å². The van der Waals surface area contributed by atoms with Gasteiger partial charge < -0.3 is 4.98 Å². The minimum Gasteiger partial charge on any atom is -0.346 e. The minimum atomic E-state index is -0.422. The highest BCUT2D eigenvalue weighted by Crippen LogP contribution is 2.24. The van der Waals surface area contributed by atoms with Crippen molar-refractivity contribution in [1.29, 1.82) is 0 Å². The lowest BCUT2D eigenvalue weighted by molar-refractivity contribution is -0.384. The van der Waals surface area contributed by atoms with E-state index >= 15 is 0 Å². The van der Waals surface area contributed by atoms with Gasteiger partial charge in [-0.3, -0.25) is 10.1 Å². The second-order valence-electron chi connectivity index (χ2n) is 3.52. The first-order valence-electron chi connectivity index (χ1n) is 4.88. The monoisotopic (exact) mass is 247 g/mol. The lowest BCUT2D eigenvalue weighted by Crippen LogP contribution is -1.93. The third-order valence-electron chi connectivity index (χ3n) is 2.43. The molecule has 1 aromatic carbocycles. The number of rotatable bonds is 2. The predicted molar refractivity (Wildman–Crippen MR) is 66.2 cm³/mol. The quantitative estimate of drug-likeness (QED) is 0.503. The summed E-state index contributed by atoms with van der Waals surface area (Å²) in [4.78, 5) is 17.2. The van der Waals surface area contributed by atoms with Crippen LogP contribution in [0.3, 0.4) is 0 Å². The summed E-state index contributed by atoms with van der Waals surface area (Å²) in [6, 6.07) is 6.40. The van der Waals surface area contributed by atoms with E-state index in [4.69, 9.17) is 12.2 Å². The molecule has 0 bridgehead atoms. The number of nitro groups is 1. The molecule has 1 heterocycles. The summed E-state index contributed by atoms with van der Waals surface area (Å²) >= 11 is 5.06. The van der Waals surface area contributed by atoms with Crippen molar-refractivity contribution in [2.75, 3.05) is 0 Å². The van der Waals surface area contributed by atoms with E-state index in [0.29, 0.717) is 4.64 Å². The Morgan fingerprint density at radius 3 is 2.94 bits per heavy atom. The Balaban J connectivity index is 2.61. The van der Waals surface area contributed by atoms with Crippen molar-refractivity contribution in [2.45, 2.75) is 6.92 Å². The van der Waals surface area contributed by atoms with Crippen LogP contribution in [-0.4, -0.2) is 14.9 Å². The molecule has 0 saturated heterocycles. The van der Waals surface area contributed by atoms with Gasteiger partial charge in [0.25, 0.3) is 5.69 Å². The molecule has 0 radical (unpaired) electrons. The van der Waals surface area contributed by atoms with Crippen LogP contribution in [0, 0.1) is 21.7 Å². The summed E-state index contributed by atoms with van der Waals surface area (Å²) in [5.41, 5.74) is 2.35. The second-order valence-corrected chi connectivity index (χ2v) is 3.90. The van der Waals surface area contributed by atoms with E-state index in [9.17, 15) is 10.1 Å². The van der Waals surface area contributed by atoms with Crippen molar-refractivity contribution in [1.82, 2.24) is 9.97 Å². The fourth-order valence-corrected chi connectivity index (χ4v) is 1.70. The van der Waals surface area contributed by atoms with Crippen molar-refractivity contribution >= 4 is 17.9 Å². The second kappa shape index (κ2) is 4.42. The summed E-state index contributed by atoms with van der Waals surface area (Å²) in [6.45, 7) is 1.83. The summed E-state index contributed by atoms with van der Waals surface area (Å²) in [6.07, 6.45) is 1.49. The van der Waals surface area contributed by atoms with Gasteiger partial charge in [0.15, 0.2) is 0 Å². The smallest absolute Gasteiger partial charge is 0.270 e. The number of nitrogens with one attached hydrogen (secondary N) is 1. The molecule has 0 fully saturated rings. The van der Waals surface area contributed by atoms with Gasteiger partial charge in [0.1, 0.15) is 4.64 Å². The van der Waals surface area contributed by atoms with E-state index in [-0.39, 0.29) is 5.69 Å². The van der Waals surface area contributed by atoms with Gasteiger partial charge in [-0.05, 0) is 6.92 Å². The van der Waals surface area contributed by atoms with E-state index in [1.807, 2.05) is 6.92 Å². The minimum absolute atomic E-state index is 0.0537. The zero-order chi connectivity index (χ0) is 12.4. The fraction of sp³-hybridized carbons (Fsp3) is 0.0909. The highest BCUT2D eigenvalue weighted by atomic mass is 32.1. The van der Waals surface area contributed by atoms with Crippen LogP contribution >= 0.6 is 12.2 Å². The first kappa shape index (κ1) is 11.4. The largest absolute Gasteiger partial charge is 0.346 e. The molecule has 0 amide bonds. The molecule has 86 valence electrons. The standard InChI is InChI=1S/C11H9N3O2S/c1-7-10(12-6-13-11(7)17)8-3-2-4-9(5-8)14(15)16/h2-6H,1H3,(H,12,13,17). The predicted octanol–water partition coefficient (Wildman–Crippen LogP) is 3.02. The number of aromatic amines is 1. The van der Waals surface area contributed by atoms with E-state index in [0.717, 1.165) is 16.8 Å². The Hall–Kier alpha value is -2.08. The maximum Gasteiger partial charge on any atom is 0.270 e. The Morgan fingerprint density at radius 2 is 2.24 bits per heavy atom. The zero-order valence-corrected chi connectivity index (χ0v) is 9.82. The van der Waals surface area contributed by atoms with Crippen LogP contribution in [0.25, 0.3) is 11.3 Å². The van der Waals surface area contributed by atoms with Crippen LogP contribution in [0.2, 0.25) is 0 Å². The summed E-state index contributed by atoms with van der Waals surface area (Å²) in [5, 5.41) is 10.7. The normalized spacial score (nSPS) is 10.2. The Kier molecular flexibility index (Phi) is 2.97. The van der Waals surface area contributed by atoms with Crippen LogP contribution < -0.4 is 0 Å². The molecule has 0 atom stereocenters. The molecule has 0 aliphatic rings. The molecule has 0 aliphatic carbocycles. The van der Waals surface area contributed by atoms with Crippen LogP contribution in [0.4, 0.5) is 5.69 Å². The Labute approximate surface area is 102 Å². The highest BCUT2D eigenvalue weighted by molar-refractivity contribution is 7.71. The summed E-state index contributed by atoms with van der Waals surface area (Å²) in [7, 11) is 0. The third kappa shape index (κ3) is 2.21. The molecule has 1 N–H and O–H groups in total. The molecular formula is C11H9N3O2S. The zero-order valence-electron chi connectivity index (χ0n) is 9.01. The number of benzene rings is 1. The molecular weight excluding hydrogens is 238 g/mol. The maximum atomic E-state index is 10.7. The molecule has 17 heavy (non-hydrogen) atoms. The van der Waals surface area contributed by atoms with Crippen molar-refractivity contribution in [2.24, 2.45) is 0 Å². The molecule has 1 aromatic heterocycles. The molecule has 6 heteroatoms. The number of nitro benzene ring substituents is 1. The Morgan fingerprint density at radius 1 is 1.47 bits per heavy atom. The van der Waals surface area contributed by atoms with E-state index in [2.05, 4.69) is 9.97 Å². The number of hydrogen-bond donors (Lipinski definition) is 1. The van der Waals surface area contributed by atoms with E-state index < -0.39 is 4.92 Å². The van der Waals surface area contributed by atoms with Crippen LogP contribution in [0.5, 0.6) is 0 Å². The summed E-state index contributed by atoms with van der Waals surface area (Å²) < 4.78 is 0.491. The molecule has 2 aromatic rings. The summed E-state index contributed by atoms with van der Waals surface area (Å²) in [5.74, 6) is 0.